The SMILES string of the molecule is Nc1ccc(N=Nc2ccc(-c3ccc(N=Nc4c(S(=O)(=O)O)cc5cc(S(=O)(=O)O)c(N=Nc6cc(Cl)ccc6Cl)c(N)c5c4O)cc3)cc2)c2cc(S(=O)(=O)O)ccc12. The summed E-state index contributed by atoms with van der Waals surface area (Å²) < 4.78 is 103. The second-order valence-corrected chi connectivity index (χ2v) is 17.9. The molecule has 7 aromatic rings. The zero-order chi connectivity index (χ0) is 44.0. The van der Waals surface area contributed by atoms with E-state index in [1.807, 2.05) is 0 Å². The van der Waals surface area contributed by atoms with Crippen molar-refractivity contribution in [3.05, 3.63) is 119 Å². The number of nitrogens with two attached hydrogens (primary N) is 2. The summed E-state index contributed by atoms with van der Waals surface area (Å²) in [6.07, 6.45) is 0. The van der Waals surface area contributed by atoms with E-state index in [1.54, 1.807) is 48.5 Å². The highest BCUT2D eigenvalue weighted by atomic mass is 35.5. The van der Waals surface area contributed by atoms with Crippen LogP contribution in [0.5, 0.6) is 5.75 Å². The molecule has 0 aliphatic heterocycles. The first-order chi connectivity index (χ1) is 28.7. The van der Waals surface area contributed by atoms with Crippen LogP contribution in [0.1, 0.15) is 0 Å². The summed E-state index contributed by atoms with van der Waals surface area (Å²) in [5.74, 6) is -0.938. The van der Waals surface area contributed by atoms with Crippen molar-refractivity contribution in [2.24, 2.45) is 30.7 Å². The zero-order valence-electron chi connectivity index (χ0n) is 30.4. The molecule has 0 bridgehead atoms. The van der Waals surface area contributed by atoms with Crippen molar-refractivity contribution < 1.29 is 44.0 Å². The Morgan fingerprint density at radius 2 is 1.05 bits per heavy atom. The minimum absolute atomic E-state index is 0.00724. The Hall–Kier alpha value is -6.43. The molecule has 0 unspecified atom stereocenters. The van der Waals surface area contributed by atoms with Gasteiger partial charge in [0.05, 0.1) is 38.1 Å². The number of halogens is 2. The molecule has 0 heterocycles. The normalized spacial score (nSPS) is 12.7. The number of phenolic OH excluding ortho intramolecular Hbond substituents is 1. The van der Waals surface area contributed by atoms with Crippen molar-refractivity contribution in [3.63, 3.8) is 0 Å². The van der Waals surface area contributed by atoms with Crippen LogP contribution >= 0.6 is 23.2 Å². The second kappa shape index (κ2) is 16.2. The van der Waals surface area contributed by atoms with Gasteiger partial charge in [-0.3, -0.25) is 13.7 Å². The average molecular weight is 922 g/mol. The molecule has 0 saturated carbocycles. The number of hydrogen-bond acceptors (Lipinski definition) is 15. The molecule has 7 rings (SSSR count). The van der Waals surface area contributed by atoms with Crippen LogP contribution in [-0.4, -0.2) is 44.0 Å². The molecule has 23 heteroatoms. The maximum absolute atomic E-state index is 12.5. The quantitative estimate of drug-likeness (QED) is 0.0424. The number of rotatable bonds is 10. The van der Waals surface area contributed by atoms with E-state index < -0.39 is 63.0 Å². The molecule has 0 fully saturated rings. The summed E-state index contributed by atoms with van der Waals surface area (Å²) in [7, 11) is -14.7. The third kappa shape index (κ3) is 9.04. The fourth-order valence-electron chi connectivity index (χ4n) is 6.01. The van der Waals surface area contributed by atoms with E-state index >= 15 is 0 Å². The number of nitrogens with zero attached hydrogens (tertiary/aromatic N) is 6. The second-order valence-electron chi connectivity index (χ2n) is 12.9. The number of fused-ring (bicyclic) bond motifs is 2. The Balaban J connectivity index is 1.19. The molecule has 8 N–H and O–H groups in total. The summed E-state index contributed by atoms with van der Waals surface area (Å²) in [5, 5.41) is 36.0. The molecular formula is C38H26Cl2N8O10S3. The van der Waals surface area contributed by atoms with Gasteiger partial charge in [-0.05, 0) is 95.4 Å². The standard InChI is InChI=1S/C38H26Cl2N8O10S3/c39-22-5-12-28(40)31(17-22)46-47-36-32(60(53,54)55)15-21-16-33(61(56,57)58)37(38(49)34(21)35(36)42)48-44-24-8-3-20(4-9-24)19-1-6-23(7-2-19)43-45-30-14-13-29(41)26-11-10-25(18-27(26)30)59(50,51)52/h1-18,49H,41-42H2,(H,50,51,52)(H,53,54,55)(H,56,57,58). The fourth-order valence-corrected chi connectivity index (χ4v) is 8.17. The van der Waals surface area contributed by atoms with Crippen molar-refractivity contribution in [2.45, 2.75) is 14.7 Å². The van der Waals surface area contributed by atoms with E-state index in [2.05, 4.69) is 30.7 Å². The molecule has 0 amide bonds. The molecule has 7 aromatic carbocycles. The number of anilines is 2. The van der Waals surface area contributed by atoms with E-state index in [0.717, 1.165) is 17.7 Å². The van der Waals surface area contributed by atoms with E-state index in [4.69, 9.17) is 34.7 Å². The van der Waals surface area contributed by atoms with Gasteiger partial charge < -0.3 is 16.6 Å². The highest BCUT2D eigenvalue weighted by Crippen LogP contribution is 2.48. The van der Waals surface area contributed by atoms with Crippen LogP contribution in [0.3, 0.4) is 0 Å². The summed E-state index contributed by atoms with van der Waals surface area (Å²) >= 11 is 12.1. The molecule has 0 aromatic heterocycles. The van der Waals surface area contributed by atoms with Crippen molar-refractivity contribution >= 4 is 121 Å². The molecule has 0 radical (unpaired) electrons. The number of azo groups is 3. The average Bonchev–Trinajstić information content (AvgIpc) is 3.20. The van der Waals surface area contributed by atoms with Crippen molar-refractivity contribution in [1.29, 1.82) is 0 Å². The van der Waals surface area contributed by atoms with Crippen LogP contribution in [0, 0.1) is 0 Å². The molecule has 0 aliphatic rings. The maximum atomic E-state index is 12.5. The molecule has 0 aliphatic carbocycles. The number of phenols is 1. The highest BCUT2D eigenvalue weighted by Gasteiger charge is 2.28. The number of hydrogen-bond donors (Lipinski definition) is 6. The Labute approximate surface area is 355 Å². The molecule has 61 heavy (non-hydrogen) atoms. The van der Waals surface area contributed by atoms with Gasteiger partial charge in [-0.2, -0.15) is 35.5 Å². The summed E-state index contributed by atoms with van der Waals surface area (Å²) in [4.78, 5) is -2.21. The van der Waals surface area contributed by atoms with E-state index in [1.165, 1.54) is 48.5 Å². The van der Waals surface area contributed by atoms with Crippen LogP contribution < -0.4 is 11.5 Å². The molecule has 0 spiro atoms. The van der Waals surface area contributed by atoms with Crippen LogP contribution in [0.2, 0.25) is 10.0 Å². The first-order valence-corrected chi connectivity index (χ1v) is 22.0. The zero-order valence-corrected chi connectivity index (χ0v) is 34.4. The Bertz CT molecular complexity index is 3390. The van der Waals surface area contributed by atoms with Crippen LogP contribution in [0.4, 0.5) is 45.5 Å². The van der Waals surface area contributed by atoms with Gasteiger partial charge in [0.2, 0.25) is 0 Å². The molecule has 310 valence electrons. The number of nitrogen functional groups attached to an aromatic ring is 2. The lowest BCUT2D eigenvalue weighted by Crippen LogP contribution is -2.03. The van der Waals surface area contributed by atoms with E-state index in [9.17, 15) is 44.0 Å². The lowest BCUT2D eigenvalue weighted by molar-refractivity contribution is 0.472. The third-order valence-corrected chi connectivity index (χ3v) is 12.1. The van der Waals surface area contributed by atoms with Gasteiger partial charge in [-0.15, -0.1) is 20.5 Å². The van der Waals surface area contributed by atoms with Gasteiger partial charge in [0.1, 0.15) is 26.9 Å². The lowest BCUT2D eigenvalue weighted by atomic mass is 10.0. The fraction of sp³-hybridized carbons (Fsp3) is 0. The first-order valence-electron chi connectivity index (χ1n) is 17.0. The van der Waals surface area contributed by atoms with Gasteiger partial charge in [0.15, 0.2) is 5.75 Å². The van der Waals surface area contributed by atoms with Gasteiger partial charge in [0.25, 0.3) is 30.4 Å². The van der Waals surface area contributed by atoms with E-state index in [0.29, 0.717) is 33.4 Å². The van der Waals surface area contributed by atoms with Crippen LogP contribution in [0.15, 0.2) is 155 Å². The summed E-state index contributed by atoms with van der Waals surface area (Å²) in [6.45, 7) is 0. The topological polar surface area (TPSA) is 310 Å². The Morgan fingerprint density at radius 3 is 1.62 bits per heavy atom. The van der Waals surface area contributed by atoms with Crippen molar-refractivity contribution in [3.8, 4) is 16.9 Å². The number of benzene rings is 7. The van der Waals surface area contributed by atoms with Gasteiger partial charge in [0, 0.05) is 21.5 Å². The van der Waals surface area contributed by atoms with Crippen molar-refractivity contribution in [2.75, 3.05) is 11.5 Å². The minimum atomic E-state index is -5.15. The first kappa shape index (κ1) is 42.7. The predicted molar refractivity (Wildman–Crippen MR) is 229 cm³/mol. The van der Waals surface area contributed by atoms with Gasteiger partial charge in [-0.1, -0.05) is 53.5 Å². The Morgan fingerprint density at radius 1 is 0.508 bits per heavy atom. The Kier molecular flexibility index (Phi) is 11.3. The predicted octanol–water partition coefficient (Wildman–Crippen LogP) is 10.8. The summed E-state index contributed by atoms with van der Waals surface area (Å²) in [6, 6.07) is 26.1. The largest absolute Gasteiger partial charge is 0.505 e. The monoisotopic (exact) mass is 920 g/mol. The molecule has 0 saturated heterocycles. The lowest BCUT2D eigenvalue weighted by Gasteiger charge is -2.14. The van der Waals surface area contributed by atoms with Crippen LogP contribution in [-0.2, 0) is 30.4 Å². The minimum Gasteiger partial charge on any atom is -0.505 e. The van der Waals surface area contributed by atoms with E-state index in [-0.39, 0.29) is 37.1 Å². The smallest absolute Gasteiger partial charge is 0.296 e. The maximum Gasteiger partial charge on any atom is 0.296 e. The molecular weight excluding hydrogens is 896 g/mol. The number of aromatic hydroxyl groups is 1. The van der Waals surface area contributed by atoms with Crippen LogP contribution in [0.25, 0.3) is 32.7 Å². The van der Waals surface area contributed by atoms with Crippen molar-refractivity contribution in [1.82, 2.24) is 0 Å². The highest BCUT2D eigenvalue weighted by molar-refractivity contribution is 7.86. The van der Waals surface area contributed by atoms with Gasteiger partial charge in [-0.25, -0.2) is 0 Å². The molecule has 0 atom stereocenters. The van der Waals surface area contributed by atoms with Gasteiger partial charge >= 0.3 is 0 Å². The summed E-state index contributed by atoms with van der Waals surface area (Å²) in [5.41, 5.74) is 13.1. The molecule has 18 nitrogen and oxygen atoms in total. The third-order valence-electron chi connectivity index (χ3n) is 8.94.